The van der Waals surface area contributed by atoms with E-state index in [1.165, 1.54) is 15.8 Å². The largest absolute Gasteiger partial charge is 0.324 e. The number of aryl methyl sites for hydroxylation is 2. The van der Waals surface area contributed by atoms with Gasteiger partial charge in [0, 0.05) is 15.6 Å². The molecule has 7 heteroatoms. The molecule has 0 fully saturated rings. The van der Waals surface area contributed by atoms with Crippen LogP contribution in [0.25, 0.3) is 10.2 Å². The quantitative estimate of drug-likeness (QED) is 0.671. The smallest absolute Gasteiger partial charge is 0.263 e. The molecule has 0 unspecified atom stereocenters. The summed E-state index contributed by atoms with van der Waals surface area (Å²) in [5.41, 5.74) is 2.55. The molecule has 2 aromatic heterocycles. The normalized spacial score (nSPS) is 17.4. The van der Waals surface area contributed by atoms with Crippen LogP contribution in [0.15, 0.2) is 29.3 Å². The van der Waals surface area contributed by atoms with E-state index in [1.807, 2.05) is 13.0 Å². The highest BCUT2D eigenvalue weighted by atomic mass is 35.5. The molecule has 5 nitrogen and oxygen atoms in total. The highest BCUT2D eigenvalue weighted by molar-refractivity contribution is 7.18. The van der Waals surface area contributed by atoms with E-state index in [-0.39, 0.29) is 11.5 Å². The number of aromatic nitrogens is 2. The summed E-state index contributed by atoms with van der Waals surface area (Å²) in [6.07, 6.45) is 4.47. The molecule has 0 aliphatic heterocycles. The van der Waals surface area contributed by atoms with Gasteiger partial charge in [-0.05, 0) is 62.3 Å². The second-order valence-electron chi connectivity index (χ2n) is 7.61. The van der Waals surface area contributed by atoms with Crippen LogP contribution in [0.2, 0.25) is 5.02 Å². The van der Waals surface area contributed by atoms with Crippen molar-refractivity contribution >= 4 is 44.7 Å². The fourth-order valence-corrected chi connectivity index (χ4v) is 5.23. The van der Waals surface area contributed by atoms with Gasteiger partial charge in [-0.25, -0.2) is 4.98 Å². The molecule has 0 spiro atoms. The Balaban J connectivity index is 1.68. The molecule has 0 saturated heterocycles. The molecule has 28 heavy (non-hydrogen) atoms. The number of amides is 1. The first-order chi connectivity index (χ1) is 13.3. The van der Waals surface area contributed by atoms with E-state index in [0.29, 0.717) is 22.0 Å². The number of halogens is 1. The summed E-state index contributed by atoms with van der Waals surface area (Å²) >= 11 is 7.65. The summed E-state index contributed by atoms with van der Waals surface area (Å²) in [6, 6.07) is 4.66. The fraction of sp³-hybridized carbons (Fsp3) is 0.381. The highest BCUT2D eigenvalue weighted by Crippen LogP contribution is 2.35. The van der Waals surface area contributed by atoms with Gasteiger partial charge in [-0.1, -0.05) is 24.6 Å². The maximum Gasteiger partial charge on any atom is 0.263 e. The van der Waals surface area contributed by atoms with Crippen LogP contribution in [0.4, 0.5) is 5.69 Å². The number of nitrogens with zero attached hydrogens (tertiary/aromatic N) is 2. The number of nitrogens with one attached hydrogen (secondary N) is 1. The van der Waals surface area contributed by atoms with Gasteiger partial charge < -0.3 is 5.32 Å². The first kappa shape index (κ1) is 19.2. The predicted molar refractivity (Wildman–Crippen MR) is 115 cm³/mol. The highest BCUT2D eigenvalue weighted by Gasteiger charge is 2.25. The lowest BCUT2D eigenvalue weighted by molar-refractivity contribution is -0.118. The molecule has 2 atom stereocenters. The number of anilines is 1. The predicted octanol–water partition coefficient (Wildman–Crippen LogP) is 4.74. The third-order valence-corrected chi connectivity index (χ3v) is 6.89. The van der Waals surface area contributed by atoms with E-state index >= 15 is 0 Å². The number of hydrogen-bond donors (Lipinski definition) is 1. The molecule has 1 aliphatic rings. The number of hydrogen-bond acceptors (Lipinski definition) is 4. The maximum atomic E-state index is 13.2. The van der Waals surface area contributed by atoms with Gasteiger partial charge in [0.2, 0.25) is 5.91 Å². The van der Waals surface area contributed by atoms with Crippen molar-refractivity contribution in [3.05, 3.63) is 55.9 Å². The molecule has 1 N–H and O–H groups in total. The molecule has 0 saturated carbocycles. The third-order valence-electron chi connectivity index (χ3n) is 5.50. The zero-order chi connectivity index (χ0) is 20.0. The van der Waals surface area contributed by atoms with Crippen molar-refractivity contribution in [2.75, 3.05) is 5.32 Å². The van der Waals surface area contributed by atoms with Gasteiger partial charge in [0.05, 0.1) is 11.7 Å². The van der Waals surface area contributed by atoms with E-state index in [4.69, 9.17) is 11.6 Å². The molecule has 4 rings (SSSR count). The standard InChI is InChI=1S/C21H22ClN3O2S/c1-11-4-7-15-17(8-11)28-20-18(15)21(27)25(10-23-20)13(3)19(26)24-16-9-14(22)6-5-12(16)2/h5-6,9-11,13H,4,7-8H2,1-3H3,(H,24,26)/t11-,13-/m1/s1. The first-order valence-electron chi connectivity index (χ1n) is 9.43. The average Bonchev–Trinajstić information content (AvgIpc) is 3.02. The molecule has 146 valence electrons. The summed E-state index contributed by atoms with van der Waals surface area (Å²) < 4.78 is 1.43. The van der Waals surface area contributed by atoms with E-state index in [1.54, 1.807) is 30.4 Å². The summed E-state index contributed by atoms with van der Waals surface area (Å²) in [4.78, 5) is 32.5. The van der Waals surface area contributed by atoms with Crippen molar-refractivity contribution in [1.29, 1.82) is 0 Å². The summed E-state index contributed by atoms with van der Waals surface area (Å²) in [5.74, 6) is 0.361. The molecule has 0 bridgehead atoms. The van der Waals surface area contributed by atoms with Gasteiger partial charge in [-0.2, -0.15) is 0 Å². The molecular formula is C21H22ClN3O2S. The minimum atomic E-state index is -0.680. The van der Waals surface area contributed by atoms with Gasteiger partial charge >= 0.3 is 0 Å². The number of fused-ring (bicyclic) bond motifs is 3. The SMILES string of the molecule is Cc1ccc(Cl)cc1NC(=O)[C@@H](C)n1cnc2sc3c(c2c1=O)CC[C@@H](C)C3. The van der Waals surface area contributed by atoms with Crippen molar-refractivity contribution < 1.29 is 4.79 Å². The van der Waals surface area contributed by atoms with Crippen molar-refractivity contribution in [1.82, 2.24) is 9.55 Å². The Morgan fingerprint density at radius 3 is 3.00 bits per heavy atom. The van der Waals surface area contributed by atoms with Gasteiger partial charge in [0.25, 0.3) is 5.56 Å². The Hall–Kier alpha value is -2.18. The monoisotopic (exact) mass is 415 g/mol. The van der Waals surface area contributed by atoms with E-state index in [0.717, 1.165) is 35.2 Å². The number of carbonyl (C=O) groups is 1. The zero-order valence-corrected chi connectivity index (χ0v) is 17.7. The van der Waals surface area contributed by atoms with E-state index < -0.39 is 6.04 Å². The van der Waals surface area contributed by atoms with Gasteiger partial charge in [0.15, 0.2) is 0 Å². The number of carbonyl (C=O) groups excluding carboxylic acids is 1. The lowest BCUT2D eigenvalue weighted by Gasteiger charge is -2.18. The first-order valence-corrected chi connectivity index (χ1v) is 10.6. The average molecular weight is 416 g/mol. The van der Waals surface area contributed by atoms with Gasteiger partial charge in [0.1, 0.15) is 10.9 Å². The number of rotatable bonds is 3. The van der Waals surface area contributed by atoms with Crippen LogP contribution in [-0.2, 0) is 17.6 Å². The molecule has 3 aromatic rings. The topological polar surface area (TPSA) is 64.0 Å². The zero-order valence-electron chi connectivity index (χ0n) is 16.1. The molecule has 1 aromatic carbocycles. The Kier molecular flexibility index (Phi) is 5.02. The van der Waals surface area contributed by atoms with Crippen LogP contribution in [0.3, 0.4) is 0 Å². The molecule has 0 radical (unpaired) electrons. The number of benzene rings is 1. The third kappa shape index (κ3) is 3.35. The summed E-state index contributed by atoms with van der Waals surface area (Å²) in [5, 5.41) is 4.12. The van der Waals surface area contributed by atoms with Crippen molar-refractivity contribution in [3.63, 3.8) is 0 Å². The van der Waals surface area contributed by atoms with E-state index in [2.05, 4.69) is 17.2 Å². The lowest BCUT2D eigenvalue weighted by Crippen LogP contribution is -2.32. The minimum absolute atomic E-state index is 0.137. The van der Waals surface area contributed by atoms with Crippen LogP contribution in [0.1, 0.15) is 42.3 Å². The van der Waals surface area contributed by atoms with Crippen LogP contribution < -0.4 is 10.9 Å². The Morgan fingerprint density at radius 1 is 1.43 bits per heavy atom. The number of thiophene rings is 1. The maximum absolute atomic E-state index is 13.2. The van der Waals surface area contributed by atoms with Crippen LogP contribution in [0.5, 0.6) is 0 Å². The Labute approximate surface area is 172 Å². The molecular weight excluding hydrogens is 394 g/mol. The molecule has 1 amide bonds. The second-order valence-corrected chi connectivity index (χ2v) is 9.13. The van der Waals surface area contributed by atoms with Crippen molar-refractivity contribution in [2.45, 2.75) is 46.1 Å². The second kappa shape index (κ2) is 7.33. The van der Waals surface area contributed by atoms with Gasteiger partial charge in [-0.3, -0.25) is 14.2 Å². The van der Waals surface area contributed by atoms with Crippen molar-refractivity contribution in [3.8, 4) is 0 Å². The Bertz CT molecular complexity index is 1130. The molecule has 2 heterocycles. The fourth-order valence-electron chi connectivity index (χ4n) is 3.71. The molecule has 1 aliphatic carbocycles. The lowest BCUT2D eigenvalue weighted by atomic mass is 9.89. The van der Waals surface area contributed by atoms with Gasteiger partial charge in [-0.15, -0.1) is 11.3 Å². The van der Waals surface area contributed by atoms with Crippen LogP contribution >= 0.6 is 22.9 Å². The summed E-state index contributed by atoms with van der Waals surface area (Å²) in [6.45, 7) is 5.85. The van der Waals surface area contributed by atoms with Crippen LogP contribution in [0, 0.1) is 12.8 Å². The summed E-state index contributed by atoms with van der Waals surface area (Å²) in [7, 11) is 0. The van der Waals surface area contributed by atoms with Crippen LogP contribution in [-0.4, -0.2) is 15.5 Å². The van der Waals surface area contributed by atoms with E-state index in [9.17, 15) is 9.59 Å². The Morgan fingerprint density at radius 2 is 2.21 bits per heavy atom. The van der Waals surface area contributed by atoms with Crippen molar-refractivity contribution in [2.24, 2.45) is 5.92 Å². The minimum Gasteiger partial charge on any atom is -0.324 e.